The Bertz CT molecular complexity index is 133. The van der Waals surface area contributed by atoms with Crippen molar-refractivity contribution >= 4 is 17.8 Å². The van der Waals surface area contributed by atoms with E-state index in [-0.39, 0.29) is 6.07 Å². The summed E-state index contributed by atoms with van der Waals surface area (Å²) < 4.78 is 18.3. The normalized spacial score (nSPS) is 18.3. The van der Waals surface area contributed by atoms with Gasteiger partial charge < -0.3 is 18.9 Å². The van der Waals surface area contributed by atoms with Crippen LogP contribution in [0.15, 0.2) is 0 Å². The van der Waals surface area contributed by atoms with Gasteiger partial charge in [0.15, 0.2) is 6.07 Å². The standard InChI is InChI=1S/C5H7ClO5/c6-3-10-4(7)11-5-8-1-2-9-5/h5H,1-3H2. The highest BCUT2D eigenvalue weighted by Crippen LogP contribution is 2.05. The monoisotopic (exact) mass is 182 g/mol. The summed E-state index contributed by atoms with van der Waals surface area (Å²) in [6, 6.07) is -0.244. The molecule has 5 nitrogen and oxygen atoms in total. The smallest absolute Gasteiger partial charge is 0.418 e. The highest BCUT2D eigenvalue weighted by molar-refractivity contribution is 6.17. The number of halogens is 1. The molecule has 0 aromatic heterocycles. The molecule has 1 heterocycles. The Morgan fingerprint density at radius 1 is 1.55 bits per heavy atom. The van der Waals surface area contributed by atoms with Gasteiger partial charge in [0.25, 0.3) is 0 Å². The Balaban J connectivity index is 2.13. The van der Waals surface area contributed by atoms with Crippen LogP contribution in [0.25, 0.3) is 0 Å². The molecule has 0 atom stereocenters. The highest BCUT2D eigenvalue weighted by Gasteiger charge is 2.20. The van der Waals surface area contributed by atoms with Crippen LogP contribution < -0.4 is 0 Å². The Kier molecular flexibility index (Phi) is 3.41. The molecule has 0 radical (unpaired) electrons. The van der Waals surface area contributed by atoms with Crippen molar-refractivity contribution in [2.24, 2.45) is 0 Å². The third-order valence-corrected chi connectivity index (χ3v) is 1.07. The van der Waals surface area contributed by atoms with E-state index in [9.17, 15) is 4.79 Å². The van der Waals surface area contributed by atoms with E-state index in [1.165, 1.54) is 0 Å². The Hall–Kier alpha value is -0.520. The summed E-state index contributed by atoms with van der Waals surface area (Å²) in [6.45, 7) is -0.108. The van der Waals surface area contributed by atoms with Crippen molar-refractivity contribution in [3.63, 3.8) is 0 Å². The SMILES string of the molecule is O=C(OCCl)OC1OCCO1. The molecular weight excluding hydrogens is 176 g/mol. The van der Waals surface area contributed by atoms with E-state index in [0.29, 0.717) is 13.2 Å². The second-order valence-corrected chi connectivity index (χ2v) is 1.87. The van der Waals surface area contributed by atoms with E-state index < -0.39 is 12.6 Å². The van der Waals surface area contributed by atoms with Crippen molar-refractivity contribution in [3.05, 3.63) is 0 Å². The summed E-state index contributed by atoms with van der Waals surface area (Å²) in [5.74, 6) is 0. The molecule has 1 aliphatic heterocycles. The number of hydrogen-bond donors (Lipinski definition) is 0. The van der Waals surface area contributed by atoms with Crippen LogP contribution in [-0.4, -0.2) is 31.9 Å². The van der Waals surface area contributed by atoms with E-state index in [2.05, 4.69) is 9.47 Å². The largest absolute Gasteiger partial charge is 0.513 e. The maximum absolute atomic E-state index is 10.5. The zero-order valence-electron chi connectivity index (χ0n) is 5.62. The summed E-state index contributed by atoms with van der Waals surface area (Å²) >= 11 is 5.08. The van der Waals surface area contributed by atoms with Crippen molar-refractivity contribution in [3.8, 4) is 0 Å². The lowest BCUT2D eigenvalue weighted by molar-refractivity contribution is -0.205. The highest BCUT2D eigenvalue weighted by atomic mass is 35.5. The molecular formula is C5H7ClO5. The predicted molar refractivity (Wildman–Crippen MR) is 34.0 cm³/mol. The molecule has 0 aromatic carbocycles. The quantitative estimate of drug-likeness (QED) is 0.464. The fourth-order valence-corrected chi connectivity index (χ4v) is 0.651. The lowest BCUT2D eigenvalue weighted by Crippen LogP contribution is -2.18. The summed E-state index contributed by atoms with van der Waals surface area (Å²) in [4.78, 5) is 10.5. The van der Waals surface area contributed by atoms with Gasteiger partial charge in [-0.05, 0) is 0 Å². The molecule has 1 fully saturated rings. The second kappa shape index (κ2) is 4.38. The molecule has 11 heavy (non-hydrogen) atoms. The lowest BCUT2D eigenvalue weighted by atomic mass is 10.8. The molecule has 0 aliphatic carbocycles. The third-order valence-electron chi connectivity index (χ3n) is 0.956. The minimum Gasteiger partial charge on any atom is -0.418 e. The Morgan fingerprint density at radius 3 is 2.73 bits per heavy atom. The van der Waals surface area contributed by atoms with Crippen molar-refractivity contribution < 1.29 is 23.7 Å². The van der Waals surface area contributed by atoms with Gasteiger partial charge in [0, 0.05) is 0 Å². The number of rotatable bonds is 2. The van der Waals surface area contributed by atoms with Crippen LogP contribution in [0.2, 0.25) is 0 Å². The van der Waals surface area contributed by atoms with E-state index in [1.54, 1.807) is 0 Å². The number of ether oxygens (including phenoxy) is 4. The molecule has 0 amide bonds. The second-order valence-electron chi connectivity index (χ2n) is 1.65. The van der Waals surface area contributed by atoms with Gasteiger partial charge in [-0.25, -0.2) is 4.79 Å². The zero-order valence-corrected chi connectivity index (χ0v) is 6.37. The van der Waals surface area contributed by atoms with Crippen LogP contribution in [-0.2, 0) is 18.9 Å². The third kappa shape index (κ3) is 2.92. The van der Waals surface area contributed by atoms with Crippen molar-refractivity contribution in [2.45, 2.75) is 6.48 Å². The van der Waals surface area contributed by atoms with Crippen LogP contribution in [0.5, 0.6) is 0 Å². The van der Waals surface area contributed by atoms with Gasteiger partial charge in [0.2, 0.25) is 0 Å². The van der Waals surface area contributed by atoms with Crippen LogP contribution in [0.4, 0.5) is 4.79 Å². The molecule has 0 aromatic rings. The number of carbonyl (C=O) groups is 1. The Morgan fingerprint density at radius 2 is 2.18 bits per heavy atom. The summed E-state index contributed by atoms with van der Waals surface area (Å²) in [6.07, 6.45) is -0.896. The van der Waals surface area contributed by atoms with Gasteiger partial charge in [-0.15, -0.1) is 0 Å². The van der Waals surface area contributed by atoms with E-state index in [0.717, 1.165) is 0 Å². The van der Waals surface area contributed by atoms with Gasteiger partial charge in [-0.3, -0.25) is 0 Å². The first kappa shape index (κ1) is 8.58. The minimum absolute atomic E-state index is 0.244. The molecule has 64 valence electrons. The average Bonchev–Trinajstić information content (AvgIpc) is 2.40. The van der Waals surface area contributed by atoms with Crippen LogP contribution in [0, 0.1) is 0 Å². The van der Waals surface area contributed by atoms with Gasteiger partial charge in [0.1, 0.15) is 0 Å². The van der Waals surface area contributed by atoms with Gasteiger partial charge in [0.05, 0.1) is 13.2 Å². The summed E-state index contributed by atoms with van der Waals surface area (Å²) in [7, 11) is 0. The molecule has 1 rings (SSSR count). The van der Waals surface area contributed by atoms with E-state index in [1.807, 2.05) is 0 Å². The summed E-state index contributed by atoms with van der Waals surface area (Å²) in [5, 5.41) is 0. The fourth-order valence-electron chi connectivity index (χ4n) is 0.562. The average molecular weight is 183 g/mol. The molecule has 6 heteroatoms. The van der Waals surface area contributed by atoms with Crippen molar-refractivity contribution in [1.29, 1.82) is 0 Å². The van der Waals surface area contributed by atoms with E-state index in [4.69, 9.17) is 21.1 Å². The molecule has 1 saturated heterocycles. The van der Waals surface area contributed by atoms with Crippen LogP contribution >= 0.6 is 11.6 Å². The maximum atomic E-state index is 10.5. The number of alkyl halides is 1. The predicted octanol–water partition coefficient (Wildman–Crippen LogP) is 0.666. The topological polar surface area (TPSA) is 54.0 Å². The van der Waals surface area contributed by atoms with E-state index >= 15 is 0 Å². The Labute approximate surface area is 68.1 Å². The molecule has 0 spiro atoms. The first-order valence-electron chi connectivity index (χ1n) is 2.95. The fraction of sp³-hybridized carbons (Fsp3) is 0.800. The van der Waals surface area contributed by atoms with Crippen LogP contribution in [0.3, 0.4) is 0 Å². The molecule has 0 bridgehead atoms. The molecule has 0 unspecified atom stereocenters. The van der Waals surface area contributed by atoms with Crippen LogP contribution in [0.1, 0.15) is 0 Å². The number of hydrogen-bond acceptors (Lipinski definition) is 5. The molecule has 0 N–H and O–H groups in total. The number of carbonyl (C=O) groups excluding carboxylic acids is 1. The maximum Gasteiger partial charge on any atom is 0.513 e. The molecule has 0 saturated carbocycles. The zero-order chi connectivity index (χ0) is 8.10. The molecule has 1 aliphatic rings. The van der Waals surface area contributed by atoms with Crippen molar-refractivity contribution in [2.75, 3.05) is 19.3 Å². The van der Waals surface area contributed by atoms with Gasteiger partial charge >= 0.3 is 12.6 Å². The summed E-state index contributed by atoms with van der Waals surface area (Å²) in [5.41, 5.74) is 0. The van der Waals surface area contributed by atoms with Crippen molar-refractivity contribution in [1.82, 2.24) is 0 Å². The van der Waals surface area contributed by atoms with Gasteiger partial charge in [-0.2, -0.15) is 0 Å². The first-order valence-corrected chi connectivity index (χ1v) is 3.49. The lowest BCUT2D eigenvalue weighted by Gasteiger charge is -2.08. The first-order chi connectivity index (χ1) is 5.33. The minimum atomic E-state index is -0.939. The van der Waals surface area contributed by atoms with Gasteiger partial charge in [-0.1, -0.05) is 11.6 Å².